The van der Waals surface area contributed by atoms with Gasteiger partial charge in [-0.15, -0.1) is 0 Å². The van der Waals surface area contributed by atoms with Crippen LogP contribution in [0.1, 0.15) is 41.4 Å². The number of fused-ring (bicyclic) bond motifs is 1. The van der Waals surface area contributed by atoms with Crippen LogP contribution in [0.15, 0.2) is 21.6 Å². The number of nitrogens with one attached hydrogen (secondary N) is 1. The largest absolute Gasteiger partial charge is 0.310 e. The van der Waals surface area contributed by atoms with Gasteiger partial charge in [0.25, 0.3) is 15.8 Å². The number of hydrogen-bond donors (Lipinski definition) is 1. The molecule has 4 heterocycles. The molecule has 1 N–H and O–H groups in total. The van der Waals surface area contributed by atoms with Crippen molar-refractivity contribution in [1.82, 2.24) is 23.5 Å². The molecule has 1 unspecified atom stereocenters. The van der Waals surface area contributed by atoms with Crippen molar-refractivity contribution < 1.29 is 8.42 Å². The molecule has 1 fully saturated rings. The van der Waals surface area contributed by atoms with Gasteiger partial charge in [-0.2, -0.15) is 28.4 Å². The summed E-state index contributed by atoms with van der Waals surface area (Å²) in [7, 11) is -0.539. The molecule has 1 atom stereocenters. The highest BCUT2D eigenvalue weighted by atomic mass is 32.2. The fourth-order valence-corrected chi connectivity index (χ4v) is 5.84. The first-order valence-electron chi connectivity index (χ1n) is 9.87. The van der Waals surface area contributed by atoms with E-state index < -0.39 is 10.2 Å². The van der Waals surface area contributed by atoms with E-state index in [0.29, 0.717) is 18.5 Å². The molecule has 2 aliphatic rings. The third kappa shape index (κ3) is 4.31. The van der Waals surface area contributed by atoms with Gasteiger partial charge in [0.1, 0.15) is 5.82 Å². The van der Waals surface area contributed by atoms with Gasteiger partial charge in [-0.05, 0) is 41.8 Å². The van der Waals surface area contributed by atoms with Crippen LogP contribution in [-0.4, -0.2) is 65.6 Å². The maximum absolute atomic E-state index is 12.8. The Labute approximate surface area is 175 Å². The number of nitrogens with zero attached hydrogens (tertiary/aromatic N) is 4. The summed E-state index contributed by atoms with van der Waals surface area (Å²) < 4.78 is 27.3. The summed E-state index contributed by atoms with van der Waals surface area (Å²) in [6.07, 6.45) is 2.54. The van der Waals surface area contributed by atoms with Crippen LogP contribution in [-0.2, 0) is 29.7 Å². The first kappa shape index (κ1) is 20.7. The summed E-state index contributed by atoms with van der Waals surface area (Å²) in [6.45, 7) is 3.27. The van der Waals surface area contributed by atoms with Crippen LogP contribution >= 0.6 is 11.3 Å². The molecule has 2 aromatic rings. The molecule has 4 rings (SSSR count). The normalized spacial score (nSPS) is 21.4. The smallest absolute Gasteiger partial charge is 0.281 e. The molecule has 0 amide bonds. The lowest BCUT2D eigenvalue weighted by atomic mass is 9.96. The van der Waals surface area contributed by atoms with Crippen molar-refractivity contribution in [3.63, 3.8) is 0 Å². The summed E-state index contributed by atoms with van der Waals surface area (Å²) in [5.74, 6) is 0.941. The molecule has 0 spiro atoms. The summed E-state index contributed by atoms with van der Waals surface area (Å²) >= 11 is 1.71. The molecule has 0 aliphatic carbocycles. The molecule has 0 saturated carbocycles. The summed E-state index contributed by atoms with van der Waals surface area (Å²) in [4.78, 5) is 22.9. The minimum atomic E-state index is -3.54. The zero-order valence-electron chi connectivity index (χ0n) is 16.8. The van der Waals surface area contributed by atoms with Crippen molar-refractivity contribution in [2.24, 2.45) is 0 Å². The lowest BCUT2D eigenvalue weighted by Crippen LogP contribution is -2.45. The highest BCUT2D eigenvalue weighted by molar-refractivity contribution is 7.86. The molecule has 0 radical (unpaired) electrons. The van der Waals surface area contributed by atoms with E-state index in [2.05, 4.69) is 26.7 Å². The number of rotatable bonds is 5. The van der Waals surface area contributed by atoms with Gasteiger partial charge in [0.2, 0.25) is 0 Å². The lowest BCUT2D eigenvalue weighted by molar-refractivity contribution is 0.196. The number of aromatic amines is 1. The fourth-order valence-electron chi connectivity index (χ4n) is 4.10. The highest BCUT2D eigenvalue weighted by Gasteiger charge is 2.32. The maximum atomic E-state index is 12.8. The zero-order chi connectivity index (χ0) is 20.6. The Morgan fingerprint density at radius 2 is 2.17 bits per heavy atom. The Hall–Kier alpha value is -1.59. The fraction of sp³-hybridized carbons (Fsp3) is 0.579. The Morgan fingerprint density at radius 1 is 1.34 bits per heavy atom. The van der Waals surface area contributed by atoms with E-state index in [0.717, 1.165) is 44.0 Å². The number of H-pyrrole nitrogens is 1. The van der Waals surface area contributed by atoms with Gasteiger partial charge < -0.3 is 4.98 Å². The van der Waals surface area contributed by atoms with Gasteiger partial charge in [-0.25, -0.2) is 4.98 Å². The standard InChI is InChI=1S/C19H27N5O3S2/c1-22(2)29(26,27)24-8-5-17-16(12-24)19(25)21-18(20-17)15-4-3-7-23(11-15)10-14-6-9-28-13-14/h6,9,13,15H,3-5,7-8,10-12H2,1-2H3,(H,20,21,25). The second kappa shape index (κ2) is 8.27. The van der Waals surface area contributed by atoms with Gasteiger partial charge in [0.15, 0.2) is 0 Å². The van der Waals surface area contributed by atoms with E-state index in [1.165, 1.54) is 28.3 Å². The van der Waals surface area contributed by atoms with Crippen LogP contribution in [0.4, 0.5) is 0 Å². The van der Waals surface area contributed by atoms with Crippen LogP contribution in [0, 0.1) is 0 Å². The molecular formula is C19H27N5O3S2. The molecule has 158 valence electrons. The Balaban J connectivity index is 1.52. The molecule has 0 bridgehead atoms. The predicted molar refractivity (Wildman–Crippen MR) is 113 cm³/mol. The number of thiophene rings is 1. The third-order valence-electron chi connectivity index (χ3n) is 5.72. The van der Waals surface area contributed by atoms with Gasteiger partial charge in [0.05, 0.1) is 11.3 Å². The lowest BCUT2D eigenvalue weighted by Gasteiger charge is -2.33. The molecular weight excluding hydrogens is 410 g/mol. The molecule has 8 nitrogen and oxygen atoms in total. The van der Waals surface area contributed by atoms with Gasteiger partial charge >= 0.3 is 0 Å². The van der Waals surface area contributed by atoms with Crippen molar-refractivity contribution in [1.29, 1.82) is 0 Å². The number of aromatic nitrogens is 2. The predicted octanol–water partition coefficient (Wildman–Crippen LogP) is 1.38. The van der Waals surface area contributed by atoms with E-state index in [4.69, 9.17) is 4.98 Å². The molecule has 0 aromatic carbocycles. The van der Waals surface area contributed by atoms with Crippen molar-refractivity contribution in [2.75, 3.05) is 33.7 Å². The summed E-state index contributed by atoms with van der Waals surface area (Å²) in [5.41, 5.74) is 2.32. The number of piperidine rings is 1. The first-order chi connectivity index (χ1) is 13.8. The minimum Gasteiger partial charge on any atom is -0.310 e. The molecule has 2 aliphatic heterocycles. The van der Waals surface area contributed by atoms with E-state index in [9.17, 15) is 13.2 Å². The second-order valence-corrected chi connectivity index (χ2v) is 10.9. The van der Waals surface area contributed by atoms with Crippen LogP contribution in [0.25, 0.3) is 0 Å². The average molecular weight is 438 g/mol. The highest BCUT2D eigenvalue weighted by Crippen LogP contribution is 2.27. The van der Waals surface area contributed by atoms with Crippen molar-refractivity contribution in [3.8, 4) is 0 Å². The quantitative estimate of drug-likeness (QED) is 0.763. The molecule has 2 aromatic heterocycles. The Morgan fingerprint density at radius 3 is 2.90 bits per heavy atom. The maximum Gasteiger partial charge on any atom is 0.281 e. The zero-order valence-corrected chi connectivity index (χ0v) is 18.4. The summed E-state index contributed by atoms with van der Waals surface area (Å²) in [5, 5.41) is 4.27. The van der Waals surface area contributed by atoms with Crippen molar-refractivity contribution in [3.05, 3.63) is 49.8 Å². The SMILES string of the molecule is CN(C)S(=O)(=O)N1CCc2nc(C3CCCN(Cc4ccsc4)C3)[nH]c(=O)c2C1. The van der Waals surface area contributed by atoms with Gasteiger partial charge in [0, 0.05) is 52.6 Å². The van der Waals surface area contributed by atoms with E-state index >= 15 is 0 Å². The Kier molecular flexibility index (Phi) is 5.90. The van der Waals surface area contributed by atoms with E-state index in [1.807, 2.05) is 0 Å². The second-order valence-electron chi connectivity index (χ2n) is 7.96. The topological polar surface area (TPSA) is 89.6 Å². The van der Waals surface area contributed by atoms with Gasteiger partial charge in [-0.3, -0.25) is 9.69 Å². The van der Waals surface area contributed by atoms with Crippen LogP contribution in [0.2, 0.25) is 0 Å². The first-order valence-corrected chi connectivity index (χ1v) is 12.2. The van der Waals surface area contributed by atoms with Crippen molar-refractivity contribution in [2.45, 2.75) is 38.3 Å². The number of hydrogen-bond acceptors (Lipinski definition) is 6. The van der Waals surface area contributed by atoms with Gasteiger partial charge in [-0.1, -0.05) is 0 Å². The average Bonchev–Trinajstić information content (AvgIpc) is 3.20. The third-order valence-corrected chi connectivity index (χ3v) is 8.34. The van der Waals surface area contributed by atoms with E-state index in [1.54, 1.807) is 11.3 Å². The van der Waals surface area contributed by atoms with Crippen LogP contribution in [0.5, 0.6) is 0 Å². The molecule has 10 heteroatoms. The molecule has 1 saturated heterocycles. The van der Waals surface area contributed by atoms with Crippen LogP contribution in [0.3, 0.4) is 0 Å². The van der Waals surface area contributed by atoms with E-state index in [-0.39, 0.29) is 18.0 Å². The number of likely N-dealkylation sites (tertiary alicyclic amines) is 1. The Bertz CT molecular complexity index is 1020. The molecule has 29 heavy (non-hydrogen) atoms. The van der Waals surface area contributed by atoms with Crippen LogP contribution < -0.4 is 5.56 Å². The monoisotopic (exact) mass is 437 g/mol. The minimum absolute atomic E-state index is 0.0768. The summed E-state index contributed by atoms with van der Waals surface area (Å²) in [6, 6.07) is 2.15. The van der Waals surface area contributed by atoms with Crippen molar-refractivity contribution >= 4 is 21.5 Å².